The predicted octanol–water partition coefficient (Wildman–Crippen LogP) is 1.87. The molecule has 0 heterocycles. The normalized spacial score (nSPS) is 10.1. The van der Waals surface area contributed by atoms with E-state index in [0.717, 1.165) is 19.3 Å². The molecule has 1 N–H and O–H groups in total. The van der Waals surface area contributed by atoms with Gasteiger partial charge in [0.25, 0.3) is 0 Å². The second-order valence-electron chi connectivity index (χ2n) is 3.54. The van der Waals surface area contributed by atoms with Crippen molar-refractivity contribution in [1.29, 1.82) is 0 Å². The van der Waals surface area contributed by atoms with Gasteiger partial charge in [0.1, 0.15) is 11.6 Å². The van der Waals surface area contributed by atoms with E-state index in [1.807, 2.05) is 0 Å². The van der Waals surface area contributed by atoms with E-state index in [2.05, 4.69) is 6.92 Å². The lowest BCUT2D eigenvalue weighted by Crippen LogP contribution is -2.08. The summed E-state index contributed by atoms with van der Waals surface area (Å²) in [6.45, 7) is 2.10. The zero-order valence-electron chi connectivity index (χ0n) is 8.92. The Morgan fingerprint density at radius 2 is 1.57 bits per heavy atom. The Hall–Kier alpha value is -0.700. The van der Waals surface area contributed by atoms with Crippen molar-refractivity contribution in [3.8, 4) is 0 Å². The molecule has 0 aliphatic heterocycles. The third-order valence-electron chi connectivity index (χ3n) is 2.07. The molecule has 14 heavy (non-hydrogen) atoms. The maximum absolute atomic E-state index is 11.2. The van der Waals surface area contributed by atoms with Gasteiger partial charge in [-0.3, -0.25) is 9.59 Å². The summed E-state index contributed by atoms with van der Waals surface area (Å²) in [6, 6.07) is 0. The first kappa shape index (κ1) is 13.3. The number of unbranched alkanes of at least 4 members (excludes halogenated alkanes) is 2. The van der Waals surface area contributed by atoms with E-state index in [1.54, 1.807) is 0 Å². The van der Waals surface area contributed by atoms with Gasteiger partial charge >= 0.3 is 0 Å². The molecule has 0 atom stereocenters. The van der Waals surface area contributed by atoms with Crippen molar-refractivity contribution >= 4 is 11.6 Å². The fourth-order valence-electron chi connectivity index (χ4n) is 1.25. The average Bonchev–Trinajstić information content (AvgIpc) is 2.15. The Morgan fingerprint density at radius 1 is 1.00 bits per heavy atom. The van der Waals surface area contributed by atoms with E-state index in [1.165, 1.54) is 0 Å². The van der Waals surface area contributed by atoms with E-state index >= 15 is 0 Å². The van der Waals surface area contributed by atoms with Gasteiger partial charge in [-0.1, -0.05) is 19.8 Å². The zero-order chi connectivity index (χ0) is 10.8. The minimum absolute atomic E-state index is 0.0236. The number of hydrogen-bond acceptors (Lipinski definition) is 3. The maximum Gasteiger partial charge on any atom is 0.140 e. The highest BCUT2D eigenvalue weighted by atomic mass is 16.3. The molecular weight excluding hydrogens is 180 g/mol. The molecule has 0 saturated heterocycles. The first-order valence-electron chi connectivity index (χ1n) is 5.35. The molecule has 0 aromatic heterocycles. The Morgan fingerprint density at radius 3 is 2.07 bits per heavy atom. The standard InChI is InChI=1S/C11H20O3/c1-2-3-4-6-10(13)9-11(14)7-5-8-12/h12H,2-9H2,1H3. The molecule has 0 aromatic rings. The van der Waals surface area contributed by atoms with Gasteiger partial charge in [-0.15, -0.1) is 0 Å². The van der Waals surface area contributed by atoms with E-state index in [9.17, 15) is 9.59 Å². The number of aliphatic hydroxyl groups excluding tert-OH is 1. The van der Waals surface area contributed by atoms with Crippen molar-refractivity contribution in [3.05, 3.63) is 0 Å². The summed E-state index contributed by atoms with van der Waals surface area (Å²) in [6.07, 6.45) is 4.42. The van der Waals surface area contributed by atoms with Crippen LogP contribution in [0.1, 0.15) is 51.9 Å². The van der Waals surface area contributed by atoms with E-state index < -0.39 is 0 Å². The van der Waals surface area contributed by atoms with Crippen molar-refractivity contribution in [3.63, 3.8) is 0 Å². The highest BCUT2D eigenvalue weighted by molar-refractivity contribution is 5.98. The van der Waals surface area contributed by atoms with Crippen molar-refractivity contribution in [1.82, 2.24) is 0 Å². The van der Waals surface area contributed by atoms with Gasteiger partial charge in [0.05, 0.1) is 6.42 Å². The summed E-state index contributed by atoms with van der Waals surface area (Å²) < 4.78 is 0. The van der Waals surface area contributed by atoms with Crippen molar-refractivity contribution in [2.24, 2.45) is 0 Å². The van der Waals surface area contributed by atoms with Crippen LogP contribution in [-0.2, 0) is 9.59 Å². The van der Waals surface area contributed by atoms with Gasteiger partial charge in [-0.2, -0.15) is 0 Å². The van der Waals surface area contributed by atoms with E-state index in [4.69, 9.17) is 5.11 Å². The molecule has 0 aliphatic carbocycles. The van der Waals surface area contributed by atoms with Crippen LogP contribution in [0.3, 0.4) is 0 Å². The van der Waals surface area contributed by atoms with Crippen molar-refractivity contribution < 1.29 is 14.7 Å². The largest absolute Gasteiger partial charge is 0.396 e. The minimum Gasteiger partial charge on any atom is -0.396 e. The lowest BCUT2D eigenvalue weighted by molar-refractivity contribution is -0.127. The molecule has 0 unspecified atom stereocenters. The quantitative estimate of drug-likeness (QED) is 0.456. The minimum atomic E-state index is -0.0412. The molecule has 0 aromatic carbocycles. The third-order valence-corrected chi connectivity index (χ3v) is 2.07. The monoisotopic (exact) mass is 200 g/mol. The molecule has 3 nitrogen and oxygen atoms in total. The number of carbonyl (C=O) groups is 2. The number of hydrogen-bond donors (Lipinski definition) is 1. The van der Waals surface area contributed by atoms with E-state index in [0.29, 0.717) is 19.3 Å². The molecular formula is C11H20O3. The number of carbonyl (C=O) groups excluding carboxylic acids is 2. The van der Waals surface area contributed by atoms with Crippen LogP contribution >= 0.6 is 0 Å². The van der Waals surface area contributed by atoms with Gasteiger partial charge in [0.15, 0.2) is 0 Å². The molecule has 82 valence electrons. The zero-order valence-corrected chi connectivity index (χ0v) is 8.92. The highest BCUT2D eigenvalue weighted by Crippen LogP contribution is 2.04. The Bertz CT molecular complexity index is 175. The number of ketones is 2. The van der Waals surface area contributed by atoms with Crippen LogP contribution in [0.5, 0.6) is 0 Å². The molecule has 0 amide bonds. The number of aliphatic hydroxyl groups is 1. The maximum atomic E-state index is 11.2. The van der Waals surface area contributed by atoms with Crippen LogP contribution in [0.4, 0.5) is 0 Å². The molecule has 0 aliphatic rings. The molecule has 0 rings (SSSR count). The van der Waals surface area contributed by atoms with Gasteiger partial charge in [-0.25, -0.2) is 0 Å². The molecule has 0 fully saturated rings. The van der Waals surface area contributed by atoms with Crippen LogP contribution < -0.4 is 0 Å². The summed E-state index contributed by atoms with van der Waals surface area (Å²) in [7, 11) is 0. The summed E-state index contributed by atoms with van der Waals surface area (Å²) in [5.74, 6) is 0.00179. The Labute approximate surface area is 85.5 Å². The van der Waals surface area contributed by atoms with Crippen LogP contribution in [0.2, 0.25) is 0 Å². The van der Waals surface area contributed by atoms with E-state index in [-0.39, 0.29) is 24.6 Å². The summed E-state index contributed by atoms with van der Waals surface area (Å²) in [5.41, 5.74) is 0. The first-order valence-corrected chi connectivity index (χ1v) is 5.35. The molecule has 3 heteroatoms. The number of rotatable bonds is 9. The smallest absolute Gasteiger partial charge is 0.140 e. The third kappa shape index (κ3) is 7.92. The van der Waals surface area contributed by atoms with Gasteiger partial charge < -0.3 is 5.11 Å². The van der Waals surface area contributed by atoms with Crippen LogP contribution in [0.25, 0.3) is 0 Å². The first-order chi connectivity index (χ1) is 6.70. The lowest BCUT2D eigenvalue weighted by Gasteiger charge is -1.99. The van der Waals surface area contributed by atoms with Crippen LogP contribution in [-0.4, -0.2) is 23.3 Å². The molecule has 0 bridgehead atoms. The van der Waals surface area contributed by atoms with Crippen LogP contribution in [0, 0.1) is 0 Å². The summed E-state index contributed by atoms with van der Waals surface area (Å²) >= 11 is 0. The molecule has 0 saturated carbocycles. The topological polar surface area (TPSA) is 54.4 Å². The van der Waals surface area contributed by atoms with Gasteiger partial charge in [-0.05, 0) is 12.8 Å². The predicted molar refractivity (Wildman–Crippen MR) is 55.1 cm³/mol. The Balaban J connectivity index is 3.45. The van der Waals surface area contributed by atoms with Gasteiger partial charge in [0, 0.05) is 19.4 Å². The average molecular weight is 200 g/mol. The molecule has 0 radical (unpaired) electrons. The highest BCUT2D eigenvalue weighted by Gasteiger charge is 2.08. The summed E-state index contributed by atoms with van der Waals surface area (Å²) in [5, 5.41) is 8.49. The fourth-order valence-corrected chi connectivity index (χ4v) is 1.25. The summed E-state index contributed by atoms with van der Waals surface area (Å²) in [4.78, 5) is 22.3. The second kappa shape index (κ2) is 8.88. The van der Waals surface area contributed by atoms with Gasteiger partial charge in [0.2, 0.25) is 0 Å². The van der Waals surface area contributed by atoms with Crippen LogP contribution in [0.15, 0.2) is 0 Å². The lowest BCUT2D eigenvalue weighted by atomic mass is 10.1. The molecule has 0 spiro atoms. The van der Waals surface area contributed by atoms with Crippen molar-refractivity contribution in [2.45, 2.75) is 51.9 Å². The van der Waals surface area contributed by atoms with Crippen molar-refractivity contribution in [2.75, 3.05) is 6.61 Å². The number of Topliss-reactive ketones (excluding diaryl/α,β-unsaturated/α-hetero) is 2. The Kier molecular flexibility index (Phi) is 8.43. The second-order valence-corrected chi connectivity index (χ2v) is 3.54. The SMILES string of the molecule is CCCCCC(=O)CC(=O)CCCO. The fraction of sp³-hybridized carbons (Fsp3) is 0.818.